The molecule has 90 valence electrons. The van der Waals surface area contributed by atoms with Crippen LogP contribution in [-0.2, 0) is 0 Å². The molecule has 0 aliphatic carbocycles. The highest BCUT2D eigenvalue weighted by Gasteiger charge is 2.26. The summed E-state index contributed by atoms with van der Waals surface area (Å²) in [5, 5.41) is 0. The first-order chi connectivity index (χ1) is 7.16. The quantitative estimate of drug-likeness (QED) is 0.821. The van der Waals surface area contributed by atoms with Gasteiger partial charge in [-0.05, 0) is 12.1 Å². The highest BCUT2D eigenvalue weighted by Crippen LogP contribution is 2.50. The van der Waals surface area contributed by atoms with Crippen molar-refractivity contribution in [1.29, 1.82) is 0 Å². The van der Waals surface area contributed by atoms with E-state index in [-0.39, 0.29) is 0 Å². The maximum Gasteiger partial charge on any atom is 0.310 e. The van der Waals surface area contributed by atoms with Crippen LogP contribution in [0.4, 0.5) is 0 Å². The first kappa shape index (κ1) is 13.7. The second kappa shape index (κ2) is 4.85. The van der Waals surface area contributed by atoms with Crippen LogP contribution in [0.25, 0.3) is 0 Å². The molecule has 4 nitrogen and oxygen atoms in total. The van der Waals surface area contributed by atoms with Crippen LogP contribution in [0.5, 0.6) is 11.5 Å². The number of hydrogen-bond acceptors (Lipinski definition) is 4. The Hall–Kier alpha value is -0.400. The van der Waals surface area contributed by atoms with E-state index in [1.807, 2.05) is 0 Å². The largest absolute Gasteiger partial charge is 0.320 e. The highest BCUT2D eigenvalue weighted by molar-refractivity contribution is 7.64. The van der Waals surface area contributed by atoms with E-state index in [1.165, 1.54) is 0 Å². The van der Waals surface area contributed by atoms with Crippen molar-refractivity contribution < 1.29 is 18.8 Å². The van der Waals surface area contributed by atoms with Gasteiger partial charge in [0.05, 0.1) is 0 Å². The van der Waals surface area contributed by atoms with E-state index >= 15 is 0 Å². The Morgan fingerprint density at radius 1 is 0.875 bits per heavy atom. The predicted molar refractivity (Wildman–Crippen MR) is 69.7 cm³/mol. The van der Waals surface area contributed by atoms with E-state index in [9.17, 15) is 9.79 Å². The zero-order chi connectivity index (χ0) is 12.4. The van der Waals surface area contributed by atoms with E-state index in [0.717, 1.165) is 0 Å². The Balaban J connectivity index is 2.79. The summed E-state index contributed by atoms with van der Waals surface area (Å²) in [5.41, 5.74) is 0. The molecule has 0 heterocycles. The van der Waals surface area contributed by atoms with E-state index in [0.29, 0.717) is 11.5 Å². The number of hydrogen-bond donors (Lipinski definition) is 2. The molecule has 16 heavy (non-hydrogen) atoms. The molecular weight excluding hydrogens is 246 g/mol. The zero-order valence-electron chi connectivity index (χ0n) is 9.91. The number of rotatable bonds is 4. The summed E-state index contributed by atoms with van der Waals surface area (Å²) in [5.74, 6) is 1.10. The Morgan fingerprint density at radius 3 is 1.56 bits per heavy atom. The van der Waals surface area contributed by atoms with Crippen LogP contribution in [0, 0.1) is 0 Å². The SMILES string of the molecule is C[P+](C)(O)Oc1cccc(O[P+](C)(C)O)c1. The van der Waals surface area contributed by atoms with Gasteiger partial charge in [0.2, 0.25) is 0 Å². The molecule has 0 unspecified atom stereocenters. The minimum atomic E-state index is -2.32. The summed E-state index contributed by atoms with van der Waals surface area (Å²) in [7, 11) is -4.64. The number of benzene rings is 1. The summed E-state index contributed by atoms with van der Waals surface area (Å²) < 4.78 is 10.7. The fourth-order valence-corrected chi connectivity index (χ4v) is 2.36. The molecule has 0 bridgehead atoms. The second-order valence-corrected chi connectivity index (χ2v) is 9.79. The molecule has 0 aromatic heterocycles. The topological polar surface area (TPSA) is 58.9 Å². The summed E-state index contributed by atoms with van der Waals surface area (Å²) >= 11 is 0. The van der Waals surface area contributed by atoms with Gasteiger partial charge in [-0.2, -0.15) is 0 Å². The van der Waals surface area contributed by atoms with E-state index in [4.69, 9.17) is 9.05 Å². The van der Waals surface area contributed by atoms with Gasteiger partial charge in [0.1, 0.15) is 26.7 Å². The van der Waals surface area contributed by atoms with Gasteiger partial charge >= 0.3 is 15.4 Å². The van der Waals surface area contributed by atoms with Gasteiger partial charge < -0.3 is 9.05 Å². The predicted octanol–water partition coefficient (Wildman–Crippen LogP) is 2.64. The van der Waals surface area contributed by atoms with Gasteiger partial charge in [-0.25, -0.2) is 9.79 Å². The Bertz CT molecular complexity index is 323. The monoisotopic (exact) mass is 264 g/mol. The van der Waals surface area contributed by atoms with Crippen molar-refractivity contribution in [1.82, 2.24) is 0 Å². The molecule has 0 saturated carbocycles. The van der Waals surface area contributed by atoms with E-state index in [1.54, 1.807) is 50.9 Å². The molecule has 1 rings (SSSR count). The van der Waals surface area contributed by atoms with Crippen LogP contribution >= 0.6 is 15.4 Å². The van der Waals surface area contributed by atoms with Crippen molar-refractivity contribution in [2.24, 2.45) is 0 Å². The van der Waals surface area contributed by atoms with Crippen LogP contribution < -0.4 is 9.05 Å². The molecule has 0 amide bonds. The first-order valence-electron chi connectivity index (χ1n) is 4.78. The first-order valence-corrected chi connectivity index (χ1v) is 9.89. The van der Waals surface area contributed by atoms with Gasteiger partial charge in [0.15, 0.2) is 11.5 Å². The molecule has 0 saturated heterocycles. The van der Waals surface area contributed by atoms with Crippen molar-refractivity contribution in [3.05, 3.63) is 24.3 Å². The lowest BCUT2D eigenvalue weighted by Crippen LogP contribution is -1.98. The Labute approximate surface area is 97.2 Å². The normalized spacial score (nSPS) is 12.4. The average molecular weight is 264 g/mol. The third kappa shape index (κ3) is 5.62. The molecule has 2 N–H and O–H groups in total. The fraction of sp³-hybridized carbons (Fsp3) is 0.400. The van der Waals surface area contributed by atoms with Crippen LogP contribution in [-0.4, -0.2) is 36.4 Å². The third-order valence-corrected chi connectivity index (χ3v) is 2.78. The van der Waals surface area contributed by atoms with Gasteiger partial charge in [0, 0.05) is 6.07 Å². The minimum absolute atomic E-state index is 0.548. The van der Waals surface area contributed by atoms with Crippen LogP contribution in [0.15, 0.2) is 24.3 Å². The van der Waals surface area contributed by atoms with Gasteiger partial charge in [-0.15, -0.1) is 0 Å². The van der Waals surface area contributed by atoms with E-state index in [2.05, 4.69) is 0 Å². The molecule has 1 aromatic carbocycles. The highest BCUT2D eigenvalue weighted by atomic mass is 31.2. The molecule has 0 fully saturated rings. The fourth-order valence-electron chi connectivity index (χ4n) is 1.10. The Kier molecular flexibility index (Phi) is 4.14. The van der Waals surface area contributed by atoms with Crippen molar-refractivity contribution >= 4 is 15.4 Å². The maximum absolute atomic E-state index is 9.60. The lowest BCUT2D eigenvalue weighted by atomic mass is 10.3. The standard InChI is InChI=1S/C10H18O4P2/c1-15(2,11)13-9-6-5-7-10(8-9)14-16(3,4)12/h5-8,11-12H,1-4H3/q+2. The molecule has 0 radical (unpaired) electrons. The van der Waals surface area contributed by atoms with Gasteiger partial charge in [-0.3, -0.25) is 0 Å². The minimum Gasteiger partial charge on any atom is -0.320 e. The molecule has 0 spiro atoms. The van der Waals surface area contributed by atoms with E-state index < -0.39 is 15.4 Å². The third-order valence-electron chi connectivity index (χ3n) is 1.46. The molecule has 0 atom stereocenters. The molecule has 0 aliphatic rings. The molecular formula is C10H18O4P2+2. The molecule has 6 heteroatoms. The maximum atomic E-state index is 9.60. The summed E-state index contributed by atoms with van der Waals surface area (Å²) in [6, 6.07) is 6.91. The van der Waals surface area contributed by atoms with Gasteiger partial charge in [-0.1, -0.05) is 6.07 Å². The zero-order valence-corrected chi connectivity index (χ0v) is 11.7. The van der Waals surface area contributed by atoms with Gasteiger partial charge in [0.25, 0.3) is 0 Å². The van der Waals surface area contributed by atoms with Crippen molar-refractivity contribution in [2.75, 3.05) is 26.7 Å². The van der Waals surface area contributed by atoms with Crippen molar-refractivity contribution in [3.8, 4) is 11.5 Å². The summed E-state index contributed by atoms with van der Waals surface area (Å²) in [4.78, 5) is 19.2. The average Bonchev–Trinajstić information content (AvgIpc) is 1.96. The smallest absolute Gasteiger partial charge is 0.310 e. The van der Waals surface area contributed by atoms with Crippen LogP contribution in [0.1, 0.15) is 0 Å². The van der Waals surface area contributed by atoms with Crippen molar-refractivity contribution in [3.63, 3.8) is 0 Å². The van der Waals surface area contributed by atoms with Crippen molar-refractivity contribution in [2.45, 2.75) is 0 Å². The second-order valence-electron chi connectivity index (χ2n) is 4.25. The van der Waals surface area contributed by atoms with Crippen LogP contribution in [0.3, 0.4) is 0 Å². The Morgan fingerprint density at radius 2 is 1.25 bits per heavy atom. The summed E-state index contributed by atoms with van der Waals surface area (Å²) in [6.07, 6.45) is 0. The summed E-state index contributed by atoms with van der Waals surface area (Å²) in [6.45, 7) is 6.63. The molecule has 1 aromatic rings. The lowest BCUT2D eigenvalue weighted by molar-refractivity contribution is 0.460. The lowest BCUT2D eigenvalue weighted by Gasteiger charge is -2.12. The van der Waals surface area contributed by atoms with Crippen LogP contribution in [0.2, 0.25) is 0 Å². The molecule has 0 aliphatic heterocycles.